The SMILES string of the molecule is S=C1NCC[Se]1. The van der Waals surface area contributed by atoms with Gasteiger partial charge in [-0.15, -0.1) is 0 Å². The average Bonchev–Trinajstić information content (AvgIpc) is 1.86. The quantitative estimate of drug-likeness (QED) is 0.401. The van der Waals surface area contributed by atoms with Crippen molar-refractivity contribution in [3.05, 3.63) is 0 Å². The molecule has 0 aliphatic carbocycles. The summed E-state index contributed by atoms with van der Waals surface area (Å²) in [4.78, 5) is 0. The van der Waals surface area contributed by atoms with E-state index in [1.807, 2.05) is 0 Å². The molecule has 0 amide bonds. The van der Waals surface area contributed by atoms with Crippen molar-refractivity contribution in [3.8, 4) is 0 Å². The van der Waals surface area contributed by atoms with Gasteiger partial charge in [0, 0.05) is 0 Å². The van der Waals surface area contributed by atoms with Crippen LogP contribution in [0.5, 0.6) is 0 Å². The van der Waals surface area contributed by atoms with Gasteiger partial charge in [0.05, 0.1) is 0 Å². The first-order valence-electron chi connectivity index (χ1n) is 1.80. The third-order valence-electron chi connectivity index (χ3n) is 0.605. The molecule has 1 aliphatic heterocycles. The van der Waals surface area contributed by atoms with Gasteiger partial charge in [-0.3, -0.25) is 0 Å². The van der Waals surface area contributed by atoms with Gasteiger partial charge < -0.3 is 0 Å². The molecule has 1 saturated heterocycles. The molecule has 1 rings (SSSR count). The Balaban J connectivity index is 2.37. The third kappa shape index (κ3) is 0.934. The van der Waals surface area contributed by atoms with Crippen molar-refractivity contribution in [1.82, 2.24) is 5.32 Å². The summed E-state index contributed by atoms with van der Waals surface area (Å²) in [5.41, 5.74) is 0. The monoisotopic (exact) mass is 167 g/mol. The van der Waals surface area contributed by atoms with Crippen LogP contribution in [0, 0.1) is 0 Å². The minimum absolute atomic E-state index is 0.648. The van der Waals surface area contributed by atoms with Gasteiger partial charge >= 0.3 is 48.2 Å². The molecule has 0 unspecified atom stereocenters. The fourth-order valence-electron chi connectivity index (χ4n) is 0.348. The zero-order valence-corrected chi connectivity index (χ0v) is 5.76. The van der Waals surface area contributed by atoms with Crippen LogP contribution < -0.4 is 5.32 Å². The molecule has 0 radical (unpaired) electrons. The molecule has 0 aromatic heterocycles. The van der Waals surface area contributed by atoms with Crippen molar-refractivity contribution >= 4 is 31.1 Å². The van der Waals surface area contributed by atoms with Crippen LogP contribution in [-0.2, 0) is 0 Å². The normalized spacial score (nSPS) is 21.0. The first kappa shape index (κ1) is 4.57. The Morgan fingerprint density at radius 3 is 2.83 bits per heavy atom. The van der Waals surface area contributed by atoms with Crippen molar-refractivity contribution in [1.29, 1.82) is 0 Å². The molecule has 1 aliphatic rings. The van der Waals surface area contributed by atoms with Crippen molar-refractivity contribution < 1.29 is 0 Å². The van der Waals surface area contributed by atoms with Gasteiger partial charge in [-0.05, 0) is 0 Å². The van der Waals surface area contributed by atoms with Gasteiger partial charge in [-0.2, -0.15) is 0 Å². The standard InChI is InChI=1S/C3H5NSSe/c5-3-4-1-2-6-3/h1-2H2,(H,4,5). The molecule has 0 atom stereocenters. The molecular formula is C3H5NSSe. The molecule has 6 heavy (non-hydrogen) atoms. The van der Waals surface area contributed by atoms with Gasteiger partial charge in [0.15, 0.2) is 0 Å². The van der Waals surface area contributed by atoms with E-state index in [2.05, 4.69) is 5.32 Å². The zero-order chi connectivity index (χ0) is 4.41. The Labute approximate surface area is 48.7 Å². The van der Waals surface area contributed by atoms with Crippen molar-refractivity contribution in [2.75, 3.05) is 6.54 Å². The summed E-state index contributed by atoms with van der Waals surface area (Å²) >= 11 is 5.48. The maximum atomic E-state index is 4.84. The van der Waals surface area contributed by atoms with Crippen molar-refractivity contribution in [2.45, 2.75) is 5.32 Å². The summed E-state index contributed by atoms with van der Waals surface area (Å²) in [5, 5.41) is 4.38. The predicted molar refractivity (Wildman–Crippen MR) is 31.2 cm³/mol. The third-order valence-corrected chi connectivity index (χ3v) is 3.07. The summed E-state index contributed by atoms with van der Waals surface area (Å²) < 4.78 is 1.10. The summed E-state index contributed by atoms with van der Waals surface area (Å²) in [5.74, 6) is 0. The molecule has 34 valence electrons. The van der Waals surface area contributed by atoms with E-state index in [1.165, 1.54) is 5.32 Å². The zero-order valence-electron chi connectivity index (χ0n) is 3.23. The molecule has 1 fully saturated rings. The van der Waals surface area contributed by atoms with Crippen LogP contribution in [0.25, 0.3) is 0 Å². The Kier molecular flexibility index (Phi) is 1.46. The van der Waals surface area contributed by atoms with Crippen molar-refractivity contribution in [3.63, 3.8) is 0 Å². The van der Waals surface area contributed by atoms with Crippen LogP contribution in [0.15, 0.2) is 0 Å². The van der Waals surface area contributed by atoms with E-state index in [-0.39, 0.29) is 0 Å². The number of hydrogen-bond acceptors (Lipinski definition) is 1. The van der Waals surface area contributed by atoms with Gasteiger partial charge in [0.1, 0.15) is 0 Å². The van der Waals surface area contributed by atoms with E-state index in [0.29, 0.717) is 15.0 Å². The minimum atomic E-state index is 0.648. The molecule has 0 aromatic rings. The summed E-state index contributed by atoms with van der Waals surface area (Å²) in [6.45, 7) is 1.12. The van der Waals surface area contributed by atoms with Crippen LogP contribution in [-0.4, -0.2) is 25.4 Å². The van der Waals surface area contributed by atoms with Crippen LogP contribution in [0.2, 0.25) is 5.32 Å². The first-order valence-corrected chi connectivity index (χ1v) is 4.28. The maximum absolute atomic E-state index is 4.84. The fraction of sp³-hybridized carbons (Fsp3) is 0.667. The summed E-state index contributed by atoms with van der Waals surface area (Å²) in [6, 6.07) is 0. The fourth-order valence-corrected chi connectivity index (χ4v) is 2.13. The summed E-state index contributed by atoms with van der Waals surface area (Å²) in [6.07, 6.45) is 0. The van der Waals surface area contributed by atoms with Gasteiger partial charge in [0.25, 0.3) is 0 Å². The number of rotatable bonds is 0. The molecule has 0 saturated carbocycles. The molecule has 0 bridgehead atoms. The number of thiocarbonyl (C=S) groups is 1. The number of hydrogen-bond donors (Lipinski definition) is 1. The Hall–Kier alpha value is 0.409. The molecule has 1 N–H and O–H groups in total. The van der Waals surface area contributed by atoms with Crippen LogP contribution >= 0.6 is 12.2 Å². The molecular weight excluding hydrogens is 161 g/mol. The van der Waals surface area contributed by atoms with E-state index in [4.69, 9.17) is 12.2 Å². The number of nitrogens with one attached hydrogen (secondary N) is 1. The second-order valence-electron chi connectivity index (χ2n) is 1.06. The Bertz CT molecular complexity index is 65.2. The first-order chi connectivity index (χ1) is 2.89. The predicted octanol–water partition coefficient (Wildman–Crippen LogP) is -0.00300. The van der Waals surface area contributed by atoms with Gasteiger partial charge in [0.2, 0.25) is 0 Å². The second-order valence-corrected chi connectivity index (χ2v) is 4.37. The van der Waals surface area contributed by atoms with Crippen LogP contribution in [0.1, 0.15) is 0 Å². The molecule has 0 aromatic carbocycles. The molecule has 1 heterocycles. The van der Waals surface area contributed by atoms with Gasteiger partial charge in [-0.25, -0.2) is 0 Å². The van der Waals surface area contributed by atoms with E-state index < -0.39 is 0 Å². The molecule has 0 spiro atoms. The molecule has 1 nitrogen and oxygen atoms in total. The second kappa shape index (κ2) is 1.92. The Morgan fingerprint density at radius 2 is 2.67 bits per heavy atom. The summed E-state index contributed by atoms with van der Waals surface area (Å²) in [7, 11) is 0. The van der Waals surface area contributed by atoms with E-state index in [1.54, 1.807) is 0 Å². The van der Waals surface area contributed by atoms with Gasteiger partial charge in [-0.1, -0.05) is 0 Å². The topological polar surface area (TPSA) is 12.0 Å². The molecule has 3 heteroatoms. The van der Waals surface area contributed by atoms with Crippen LogP contribution in [0.3, 0.4) is 0 Å². The van der Waals surface area contributed by atoms with E-state index >= 15 is 0 Å². The van der Waals surface area contributed by atoms with Crippen molar-refractivity contribution in [2.24, 2.45) is 0 Å². The van der Waals surface area contributed by atoms with E-state index in [9.17, 15) is 0 Å². The van der Waals surface area contributed by atoms with Crippen LogP contribution in [0.4, 0.5) is 0 Å². The Morgan fingerprint density at radius 1 is 1.83 bits per heavy atom. The average molecular weight is 166 g/mol. The van der Waals surface area contributed by atoms with E-state index in [0.717, 1.165) is 10.4 Å².